The second-order valence-corrected chi connectivity index (χ2v) is 6.88. The Morgan fingerprint density at radius 1 is 1.33 bits per heavy atom. The van der Waals surface area contributed by atoms with Crippen molar-refractivity contribution in [1.29, 1.82) is 5.26 Å². The van der Waals surface area contributed by atoms with Gasteiger partial charge in [0.05, 0.1) is 11.5 Å². The average Bonchev–Trinajstić information content (AvgIpc) is 2.45. The van der Waals surface area contributed by atoms with Crippen LogP contribution in [0.25, 0.3) is 0 Å². The van der Waals surface area contributed by atoms with Crippen molar-refractivity contribution in [2.45, 2.75) is 39.2 Å². The van der Waals surface area contributed by atoms with Gasteiger partial charge in [0.2, 0.25) is 5.88 Å². The molecule has 0 saturated carbocycles. The van der Waals surface area contributed by atoms with Gasteiger partial charge in [-0.25, -0.2) is 4.79 Å². The molecule has 0 spiro atoms. The van der Waals surface area contributed by atoms with Crippen molar-refractivity contribution in [3.05, 3.63) is 57.6 Å². The normalized spacial score (nSPS) is 18.1. The molecule has 0 fully saturated rings. The van der Waals surface area contributed by atoms with E-state index in [0.29, 0.717) is 16.3 Å². The van der Waals surface area contributed by atoms with Crippen molar-refractivity contribution >= 4 is 17.6 Å². The van der Waals surface area contributed by atoms with Gasteiger partial charge in [0.25, 0.3) is 0 Å². The molecule has 6 heteroatoms. The fourth-order valence-electron chi connectivity index (χ4n) is 2.47. The summed E-state index contributed by atoms with van der Waals surface area (Å²) in [5, 5.41) is 10.1. The van der Waals surface area contributed by atoms with Crippen LogP contribution in [-0.2, 0) is 14.3 Å². The number of rotatable bonds is 2. The molecule has 0 radical (unpaired) electrons. The van der Waals surface area contributed by atoms with E-state index in [0.717, 1.165) is 0 Å². The average molecular weight is 347 g/mol. The topological polar surface area (TPSA) is 85.3 Å². The predicted molar refractivity (Wildman–Crippen MR) is 90.6 cm³/mol. The zero-order valence-corrected chi connectivity index (χ0v) is 14.8. The van der Waals surface area contributed by atoms with Crippen molar-refractivity contribution in [1.82, 2.24) is 0 Å². The summed E-state index contributed by atoms with van der Waals surface area (Å²) >= 11 is 5.93. The van der Waals surface area contributed by atoms with Gasteiger partial charge in [-0.15, -0.1) is 0 Å². The molecule has 0 aliphatic carbocycles. The van der Waals surface area contributed by atoms with Gasteiger partial charge in [0.15, 0.2) is 0 Å². The van der Waals surface area contributed by atoms with Gasteiger partial charge in [-0.2, -0.15) is 5.26 Å². The molecule has 2 N–H and O–H groups in total. The van der Waals surface area contributed by atoms with Crippen molar-refractivity contribution < 1.29 is 14.3 Å². The van der Waals surface area contributed by atoms with Crippen LogP contribution in [0.5, 0.6) is 0 Å². The number of carbonyl (C=O) groups excluding carboxylic acids is 1. The number of carbonyl (C=O) groups is 1. The van der Waals surface area contributed by atoms with Crippen LogP contribution in [0.15, 0.2) is 47.1 Å². The monoisotopic (exact) mass is 346 g/mol. The highest BCUT2D eigenvalue weighted by molar-refractivity contribution is 6.30. The van der Waals surface area contributed by atoms with Crippen molar-refractivity contribution in [2.75, 3.05) is 0 Å². The van der Waals surface area contributed by atoms with E-state index < -0.39 is 17.5 Å². The Balaban J connectivity index is 2.57. The van der Waals surface area contributed by atoms with Gasteiger partial charge < -0.3 is 15.2 Å². The molecule has 0 unspecified atom stereocenters. The van der Waals surface area contributed by atoms with Gasteiger partial charge >= 0.3 is 5.97 Å². The molecule has 1 atom stereocenters. The van der Waals surface area contributed by atoms with Gasteiger partial charge in [-0.05, 0) is 45.4 Å². The van der Waals surface area contributed by atoms with E-state index in [-0.39, 0.29) is 17.0 Å². The smallest absolute Gasteiger partial charge is 0.338 e. The lowest BCUT2D eigenvalue weighted by Gasteiger charge is -2.29. The second kappa shape index (κ2) is 6.58. The van der Waals surface area contributed by atoms with Gasteiger partial charge in [-0.1, -0.05) is 23.7 Å². The third-order valence-corrected chi connectivity index (χ3v) is 3.68. The minimum absolute atomic E-state index is 0.0118. The Morgan fingerprint density at radius 2 is 1.92 bits per heavy atom. The Hall–Kier alpha value is -2.45. The number of ether oxygens (including phenoxy) is 2. The molecular weight excluding hydrogens is 328 g/mol. The van der Waals surface area contributed by atoms with Crippen LogP contribution in [0.4, 0.5) is 0 Å². The Kier molecular flexibility index (Phi) is 4.91. The Morgan fingerprint density at radius 3 is 2.42 bits per heavy atom. The minimum Gasteiger partial charge on any atom is -0.456 e. The maximum atomic E-state index is 12.7. The zero-order valence-electron chi connectivity index (χ0n) is 14.0. The number of esters is 1. The highest BCUT2D eigenvalue weighted by atomic mass is 35.5. The van der Waals surface area contributed by atoms with Crippen LogP contribution in [0.2, 0.25) is 5.02 Å². The first-order chi connectivity index (χ1) is 11.1. The van der Waals surface area contributed by atoms with Crippen LogP contribution in [0, 0.1) is 11.3 Å². The van der Waals surface area contributed by atoms with Crippen molar-refractivity contribution in [3.8, 4) is 6.07 Å². The van der Waals surface area contributed by atoms with E-state index in [9.17, 15) is 10.1 Å². The lowest BCUT2D eigenvalue weighted by molar-refractivity contribution is -0.150. The molecule has 0 amide bonds. The Bertz CT molecular complexity index is 765. The molecule has 1 aromatic rings. The fraction of sp³-hybridized carbons (Fsp3) is 0.333. The summed E-state index contributed by atoms with van der Waals surface area (Å²) in [6.07, 6.45) is 0. The van der Waals surface area contributed by atoms with Gasteiger partial charge in [0.1, 0.15) is 23.0 Å². The second-order valence-electron chi connectivity index (χ2n) is 6.45. The maximum absolute atomic E-state index is 12.7. The fourth-order valence-corrected chi connectivity index (χ4v) is 2.59. The van der Waals surface area contributed by atoms with E-state index in [1.807, 2.05) is 6.07 Å². The minimum atomic E-state index is -0.672. The van der Waals surface area contributed by atoms with Gasteiger partial charge in [0, 0.05) is 5.02 Å². The number of nitriles is 1. The number of benzene rings is 1. The zero-order chi connectivity index (χ0) is 18.1. The summed E-state index contributed by atoms with van der Waals surface area (Å²) in [4.78, 5) is 12.7. The van der Waals surface area contributed by atoms with Crippen LogP contribution in [0.1, 0.15) is 39.2 Å². The molecule has 0 aromatic heterocycles. The highest BCUT2D eigenvalue weighted by Gasteiger charge is 2.37. The van der Waals surface area contributed by atoms with E-state index in [4.69, 9.17) is 26.8 Å². The molecule has 2 rings (SSSR count). The largest absolute Gasteiger partial charge is 0.456 e. The summed E-state index contributed by atoms with van der Waals surface area (Å²) < 4.78 is 10.9. The number of hydrogen-bond donors (Lipinski definition) is 1. The summed E-state index contributed by atoms with van der Waals surface area (Å²) in [5.74, 6) is -0.890. The molecule has 0 saturated heterocycles. The molecule has 24 heavy (non-hydrogen) atoms. The van der Waals surface area contributed by atoms with Gasteiger partial charge in [-0.3, -0.25) is 0 Å². The molecule has 1 aromatic carbocycles. The SMILES string of the molecule is CC1=C(C(=O)OC(C)(C)C)[C@@H](c2ccc(Cl)cc2)C(C#N)=C(N)O1. The quantitative estimate of drug-likeness (QED) is 0.824. The van der Waals surface area contributed by atoms with E-state index in [2.05, 4.69) is 0 Å². The number of allylic oxidation sites excluding steroid dienone is 2. The predicted octanol–water partition coefficient (Wildman–Crippen LogP) is 3.76. The highest BCUT2D eigenvalue weighted by Crippen LogP contribution is 2.40. The van der Waals surface area contributed by atoms with E-state index in [1.54, 1.807) is 52.0 Å². The molecule has 1 heterocycles. The molecule has 5 nitrogen and oxygen atoms in total. The van der Waals surface area contributed by atoms with E-state index in [1.165, 1.54) is 0 Å². The third kappa shape index (κ3) is 3.72. The molecule has 0 bridgehead atoms. The number of halogens is 1. The molecule has 1 aliphatic heterocycles. The maximum Gasteiger partial charge on any atom is 0.338 e. The standard InChI is InChI=1S/C18H19ClN2O3/c1-10-14(17(22)24-18(2,3)4)15(13(9-20)16(21)23-10)11-5-7-12(19)8-6-11/h5-8,15H,21H2,1-4H3/t15-/m0/s1. The lowest BCUT2D eigenvalue weighted by atomic mass is 9.83. The number of hydrogen-bond acceptors (Lipinski definition) is 5. The molecular formula is C18H19ClN2O3. The third-order valence-electron chi connectivity index (χ3n) is 3.43. The van der Waals surface area contributed by atoms with Crippen molar-refractivity contribution in [3.63, 3.8) is 0 Å². The summed E-state index contributed by atoms with van der Waals surface area (Å²) in [6, 6.07) is 8.93. The van der Waals surface area contributed by atoms with Crippen LogP contribution in [-0.4, -0.2) is 11.6 Å². The molecule has 1 aliphatic rings. The van der Waals surface area contributed by atoms with Crippen LogP contribution >= 0.6 is 11.6 Å². The first kappa shape index (κ1) is 17.9. The first-order valence-corrected chi connectivity index (χ1v) is 7.79. The van der Waals surface area contributed by atoms with Crippen molar-refractivity contribution in [2.24, 2.45) is 5.73 Å². The van der Waals surface area contributed by atoms with Crippen LogP contribution in [0.3, 0.4) is 0 Å². The number of nitrogens with two attached hydrogens (primary N) is 1. The van der Waals surface area contributed by atoms with E-state index >= 15 is 0 Å². The summed E-state index contributed by atoms with van der Waals surface area (Å²) in [5.41, 5.74) is 6.32. The summed E-state index contributed by atoms with van der Waals surface area (Å²) in [7, 11) is 0. The Labute approximate surface area is 146 Å². The number of nitrogens with zero attached hydrogens (tertiary/aromatic N) is 1. The summed E-state index contributed by atoms with van der Waals surface area (Å²) in [6.45, 7) is 6.95. The van der Waals surface area contributed by atoms with Crippen LogP contribution < -0.4 is 5.73 Å². The lowest BCUT2D eigenvalue weighted by Crippen LogP contribution is -2.30. The first-order valence-electron chi connectivity index (χ1n) is 7.41. The molecule has 126 valence electrons.